The minimum atomic E-state index is -0.282. The van der Waals surface area contributed by atoms with Crippen molar-refractivity contribution in [1.82, 2.24) is 0 Å². The molecule has 0 spiro atoms. The molecule has 0 heterocycles. The molecular formula is C10H10W. The van der Waals surface area contributed by atoms with E-state index in [9.17, 15) is 0 Å². The van der Waals surface area contributed by atoms with Gasteiger partial charge in [-0.15, -0.1) is 0 Å². The Morgan fingerprint density at radius 1 is 0.909 bits per heavy atom. The summed E-state index contributed by atoms with van der Waals surface area (Å²) in [5.41, 5.74) is 0. The Kier molecular flexibility index (Phi) is 2.23. The fraction of sp³-hybridized carbons (Fsp3) is 0.200. The summed E-state index contributed by atoms with van der Waals surface area (Å²) in [6, 6.07) is 0. The van der Waals surface area contributed by atoms with Crippen LogP contribution in [-0.2, 0) is 18.6 Å². The molecule has 0 aromatic rings. The summed E-state index contributed by atoms with van der Waals surface area (Å²) in [5.74, 6) is 0. The van der Waals surface area contributed by atoms with Gasteiger partial charge in [-0.05, 0) is 0 Å². The second kappa shape index (κ2) is 3.36. The van der Waals surface area contributed by atoms with Crippen molar-refractivity contribution < 1.29 is 18.6 Å². The van der Waals surface area contributed by atoms with E-state index in [2.05, 4.69) is 36.5 Å². The van der Waals surface area contributed by atoms with Gasteiger partial charge in [0.15, 0.2) is 0 Å². The van der Waals surface area contributed by atoms with Crippen LogP contribution in [0, 0.1) is 0 Å². The molecule has 2 aliphatic carbocycles. The molecule has 0 radical (unpaired) electrons. The van der Waals surface area contributed by atoms with Crippen molar-refractivity contribution in [3.63, 3.8) is 0 Å². The summed E-state index contributed by atoms with van der Waals surface area (Å²) in [7, 11) is 0. The topological polar surface area (TPSA) is 0 Å². The van der Waals surface area contributed by atoms with Crippen molar-refractivity contribution >= 4 is 0 Å². The number of allylic oxidation sites excluding steroid dienone is 8. The van der Waals surface area contributed by atoms with E-state index in [1.165, 1.54) is 12.8 Å². The standard InChI is InChI=1S/2C5H5.W/c2*1-2-4-5-3-1;/h2*1-3H,4H2;. The molecule has 0 unspecified atom stereocenters. The Hall–Kier alpha value is -0.352. The first-order chi connectivity index (χ1) is 5.45. The number of hydrogen-bond donors (Lipinski definition) is 0. The molecule has 11 heavy (non-hydrogen) atoms. The zero-order valence-corrected chi connectivity index (χ0v) is 9.22. The third-order valence-corrected chi connectivity index (χ3v) is 5.80. The van der Waals surface area contributed by atoms with Crippen LogP contribution in [0.5, 0.6) is 0 Å². The monoisotopic (exact) mass is 314 g/mol. The van der Waals surface area contributed by atoms with Gasteiger partial charge in [0.05, 0.1) is 0 Å². The summed E-state index contributed by atoms with van der Waals surface area (Å²) in [6.07, 6.45) is 16.0. The van der Waals surface area contributed by atoms with Gasteiger partial charge in [-0.3, -0.25) is 0 Å². The van der Waals surface area contributed by atoms with Gasteiger partial charge in [-0.1, -0.05) is 0 Å². The van der Waals surface area contributed by atoms with Crippen molar-refractivity contribution in [3.8, 4) is 0 Å². The van der Waals surface area contributed by atoms with E-state index in [0.29, 0.717) is 0 Å². The van der Waals surface area contributed by atoms with Gasteiger partial charge in [0.2, 0.25) is 0 Å². The maximum absolute atomic E-state index is 2.31. The Labute approximate surface area is 75.9 Å². The first-order valence-electron chi connectivity index (χ1n) is 3.84. The van der Waals surface area contributed by atoms with Crippen LogP contribution in [-0.4, -0.2) is 0 Å². The average molecular weight is 314 g/mol. The average Bonchev–Trinajstić information content (AvgIpc) is 2.60. The molecule has 1 heteroatoms. The Balaban J connectivity index is 1.91. The SMILES string of the molecule is C1=CC[C]([W][C]2=CC=CC2)=C1. The van der Waals surface area contributed by atoms with E-state index in [4.69, 9.17) is 0 Å². The van der Waals surface area contributed by atoms with Gasteiger partial charge < -0.3 is 0 Å². The summed E-state index contributed by atoms with van der Waals surface area (Å²) < 4.78 is 3.44. The molecule has 2 rings (SSSR count). The van der Waals surface area contributed by atoms with Crippen LogP contribution in [0.3, 0.4) is 0 Å². The fourth-order valence-electron chi connectivity index (χ4n) is 1.17. The van der Waals surface area contributed by atoms with E-state index in [1.54, 1.807) is 7.93 Å². The first-order valence-corrected chi connectivity index (χ1v) is 6.78. The molecule has 0 saturated carbocycles. The van der Waals surface area contributed by atoms with Crippen molar-refractivity contribution in [2.24, 2.45) is 0 Å². The molecule has 0 aromatic heterocycles. The zero-order valence-electron chi connectivity index (χ0n) is 6.29. The molecule has 0 amide bonds. The molecule has 0 N–H and O–H groups in total. The molecule has 0 nitrogen and oxygen atoms in total. The molecule has 0 aliphatic heterocycles. The van der Waals surface area contributed by atoms with E-state index < -0.39 is 0 Å². The van der Waals surface area contributed by atoms with Crippen LogP contribution >= 0.6 is 0 Å². The van der Waals surface area contributed by atoms with Crippen molar-refractivity contribution in [1.29, 1.82) is 0 Å². The van der Waals surface area contributed by atoms with Gasteiger partial charge in [0.25, 0.3) is 0 Å². The van der Waals surface area contributed by atoms with Gasteiger partial charge in [0, 0.05) is 0 Å². The van der Waals surface area contributed by atoms with E-state index in [-0.39, 0.29) is 18.6 Å². The zero-order chi connectivity index (χ0) is 7.52. The van der Waals surface area contributed by atoms with Gasteiger partial charge in [-0.2, -0.15) is 0 Å². The third-order valence-electron chi connectivity index (χ3n) is 1.74. The van der Waals surface area contributed by atoms with Gasteiger partial charge in [-0.25, -0.2) is 0 Å². The number of rotatable bonds is 2. The van der Waals surface area contributed by atoms with Crippen LogP contribution in [0.25, 0.3) is 0 Å². The molecule has 0 atom stereocenters. The summed E-state index contributed by atoms with van der Waals surface area (Å²) in [4.78, 5) is 0. The summed E-state index contributed by atoms with van der Waals surface area (Å²) >= 11 is -0.282. The van der Waals surface area contributed by atoms with E-state index in [1.807, 2.05) is 0 Å². The summed E-state index contributed by atoms with van der Waals surface area (Å²) in [5, 5.41) is 0. The van der Waals surface area contributed by atoms with E-state index >= 15 is 0 Å². The second-order valence-corrected chi connectivity index (χ2v) is 7.13. The normalized spacial score (nSPS) is 20.7. The van der Waals surface area contributed by atoms with Crippen molar-refractivity contribution in [3.05, 3.63) is 44.4 Å². The van der Waals surface area contributed by atoms with Crippen molar-refractivity contribution in [2.45, 2.75) is 12.8 Å². The number of hydrogen-bond acceptors (Lipinski definition) is 0. The maximum atomic E-state index is 2.31. The predicted octanol–water partition coefficient (Wildman–Crippen LogP) is 2.76. The molecule has 0 aromatic carbocycles. The van der Waals surface area contributed by atoms with Crippen LogP contribution in [0.2, 0.25) is 0 Å². The molecule has 56 valence electrons. The third kappa shape index (κ3) is 1.81. The van der Waals surface area contributed by atoms with Crippen molar-refractivity contribution in [2.75, 3.05) is 0 Å². The second-order valence-electron chi connectivity index (χ2n) is 2.63. The van der Waals surface area contributed by atoms with Crippen LogP contribution in [0.1, 0.15) is 12.8 Å². The quantitative estimate of drug-likeness (QED) is 0.735. The molecule has 0 bridgehead atoms. The summed E-state index contributed by atoms with van der Waals surface area (Å²) in [6.45, 7) is 0. The molecule has 2 aliphatic rings. The van der Waals surface area contributed by atoms with E-state index in [0.717, 1.165) is 0 Å². The fourth-order valence-corrected chi connectivity index (χ4v) is 4.73. The minimum absolute atomic E-state index is 0.282. The molecular weight excluding hydrogens is 304 g/mol. The molecule has 0 fully saturated rings. The van der Waals surface area contributed by atoms with Crippen LogP contribution in [0.4, 0.5) is 0 Å². The Bertz CT molecular complexity index is 239. The Morgan fingerprint density at radius 2 is 1.45 bits per heavy atom. The predicted molar refractivity (Wildman–Crippen MR) is 43.7 cm³/mol. The Morgan fingerprint density at radius 3 is 1.82 bits per heavy atom. The first kappa shape index (κ1) is 7.31. The van der Waals surface area contributed by atoms with Crippen LogP contribution < -0.4 is 0 Å². The molecule has 0 saturated heterocycles. The van der Waals surface area contributed by atoms with Gasteiger partial charge in [0.1, 0.15) is 0 Å². The van der Waals surface area contributed by atoms with Gasteiger partial charge >= 0.3 is 75.8 Å². The van der Waals surface area contributed by atoms with Crippen LogP contribution in [0.15, 0.2) is 44.4 Å².